The first-order valence-corrected chi connectivity index (χ1v) is 9.22. The molecular weight excluding hydrogens is 409 g/mol. The van der Waals surface area contributed by atoms with Gasteiger partial charge in [-0.05, 0) is 26.0 Å². The maximum atomic E-state index is 14.2. The number of benzene rings is 2. The number of ether oxygens (including phenoxy) is 1. The second-order valence-electron chi connectivity index (χ2n) is 6.33. The number of hydrogen-bond acceptors (Lipinski definition) is 3. The van der Waals surface area contributed by atoms with Crippen LogP contribution in [-0.4, -0.2) is 30.3 Å². The molecule has 2 aromatic carbocycles. The van der Waals surface area contributed by atoms with Gasteiger partial charge in [-0.1, -0.05) is 54.1 Å². The number of alkyl halides is 3. The molecule has 2 atom stereocenters. The van der Waals surface area contributed by atoms with Crippen LogP contribution in [-0.2, 0) is 9.53 Å². The van der Waals surface area contributed by atoms with Crippen LogP contribution < -0.4 is 10.6 Å². The molecule has 0 aliphatic carbocycles. The Morgan fingerprint density at radius 2 is 1.69 bits per heavy atom. The molecular formula is C20H21ClF3N2O3+. The first-order chi connectivity index (χ1) is 13.6. The molecule has 5 nitrogen and oxygen atoms in total. The Labute approximate surface area is 171 Å². The fourth-order valence-electron chi connectivity index (χ4n) is 2.81. The quantitative estimate of drug-likeness (QED) is 0.524. The zero-order chi connectivity index (χ0) is 21.7. The van der Waals surface area contributed by atoms with E-state index in [1.807, 2.05) is 5.32 Å². The summed E-state index contributed by atoms with van der Waals surface area (Å²) in [6, 6.07) is 13.1. The van der Waals surface area contributed by atoms with Gasteiger partial charge >= 0.3 is 17.8 Å². The van der Waals surface area contributed by atoms with E-state index in [4.69, 9.17) is 16.3 Å². The predicted molar refractivity (Wildman–Crippen MR) is 101 cm³/mol. The van der Waals surface area contributed by atoms with E-state index in [-0.39, 0.29) is 17.2 Å². The molecule has 0 heterocycles. The molecule has 0 saturated heterocycles. The first kappa shape index (κ1) is 22.7. The minimum absolute atomic E-state index is 0.0407. The van der Waals surface area contributed by atoms with Crippen molar-refractivity contribution in [3.05, 3.63) is 70.7 Å². The second-order valence-corrected chi connectivity index (χ2v) is 6.73. The zero-order valence-electron chi connectivity index (χ0n) is 15.8. The molecule has 1 amide bonds. The molecule has 156 valence electrons. The van der Waals surface area contributed by atoms with Crippen molar-refractivity contribution in [1.29, 1.82) is 0 Å². The molecule has 0 spiro atoms. The SMILES string of the molecule is CCOC(=O)[C@@](NC(=O)c1ccccc1Cl)([NH2+][C@@H](C)c1ccccc1)C(F)(F)F. The minimum atomic E-state index is -5.15. The molecule has 9 heteroatoms. The van der Waals surface area contributed by atoms with Gasteiger partial charge in [-0.25, -0.2) is 4.79 Å². The molecule has 0 radical (unpaired) electrons. The molecule has 2 aromatic rings. The summed E-state index contributed by atoms with van der Waals surface area (Å²) in [4.78, 5) is 25.1. The van der Waals surface area contributed by atoms with Crippen LogP contribution in [0.1, 0.15) is 35.8 Å². The van der Waals surface area contributed by atoms with E-state index >= 15 is 0 Å². The van der Waals surface area contributed by atoms with Gasteiger partial charge in [-0.15, -0.1) is 0 Å². The Balaban J connectivity index is 2.49. The lowest BCUT2D eigenvalue weighted by Crippen LogP contribution is -3.07. The van der Waals surface area contributed by atoms with Crippen LogP contribution in [0.2, 0.25) is 5.02 Å². The van der Waals surface area contributed by atoms with Crippen LogP contribution in [0.15, 0.2) is 54.6 Å². The molecule has 0 unspecified atom stereocenters. The lowest BCUT2D eigenvalue weighted by atomic mass is 10.0. The third-order valence-electron chi connectivity index (χ3n) is 4.30. The average Bonchev–Trinajstić information content (AvgIpc) is 2.67. The van der Waals surface area contributed by atoms with E-state index in [2.05, 4.69) is 0 Å². The summed E-state index contributed by atoms with van der Waals surface area (Å²) in [6.07, 6.45) is -5.15. The Hall–Kier alpha value is -2.58. The Morgan fingerprint density at radius 1 is 1.10 bits per heavy atom. The fourth-order valence-corrected chi connectivity index (χ4v) is 3.03. The fraction of sp³-hybridized carbons (Fsp3) is 0.300. The van der Waals surface area contributed by atoms with Crippen molar-refractivity contribution < 1.29 is 32.8 Å². The van der Waals surface area contributed by atoms with Gasteiger partial charge < -0.3 is 10.1 Å². The van der Waals surface area contributed by atoms with Gasteiger partial charge in [0.15, 0.2) is 0 Å². The first-order valence-electron chi connectivity index (χ1n) is 8.84. The maximum Gasteiger partial charge on any atom is 0.478 e. The summed E-state index contributed by atoms with van der Waals surface area (Å²) >= 11 is 5.94. The number of carbonyl (C=O) groups is 2. The molecule has 0 fully saturated rings. The number of rotatable bonds is 7. The van der Waals surface area contributed by atoms with Crippen molar-refractivity contribution in [3.8, 4) is 0 Å². The van der Waals surface area contributed by atoms with Crippen molar-refractivity contribution in [2.24, 2.45) is 0 Å². The summed E-state index contributed by atoms with van der Waals surface area (Å²) in [5.74, 6) is -2.76. The van der Waals surface area contributed by atoms with Crippen molar-refractivity contribution in [2.75, 3.05) is 6.61 Å². The largest absolute Gasteiger partial charge is 0.478 e. The van der Waals surface area contributed by atoms with E-state index < -0.39 is 29.8 Å². The molecule has 3 N–H and O–H groups in total. The van der Waals surface area contributed by atoms with Crippen LogP contribution in [0.3, 0.4) is 0 Å². The van der Waals surface area contributed by atoms with Crippen molar-refractivity contribution in [3.63, 3.8) is 0 Å². The number of nitrogens with one attached hydrogen (secondary N) is 1. The lowest BCUT2D eigenvalue weighted by Gasteiger charge is -2.33. The molecule has 0 aromatic heterocycles. The van der Waals surface area contributed by atoms with Gasteiger partial charge in [0.05, 0.1) is 17.2 Å². The molecule has 0 aliphatic heterocycles. The Morgan fingerprint density at radius 3 is 2.24 bits per heavy atom. The topological polar surface area (TPSA) is 72.0 Å². The number of amides is 1. The minimum Gasteiger partial charge on any atom is -0.460 e. The van der Waals surface area contributed by atoms with Crippen LogP contribution in [0.25, 0.3) is 0 Å². The summed E-state index contributed by atoms with van der Waals surface area (Å²) in [5.41, 5.74) is -3.00. The standard InChI is InChI=1S/C20H20ClF3N2O3/c1-3-29-18(28)19(20(22,23)24,25-13(2)14-9-5-4-6-10-14)26-17(27)15-11-7-8-12-16(15)21/h4-13,25H,3H2,1-2H3,(H,26,27)/p+1/t13-,19-/m0/s1. The zero-order valence-corrected chi connectivity index (χ0v) is 16.6. The number of quaternary nitrogens is 1. The number of carbonyl (C=O) groups excluding carboxylic acids is 2. The highest BCUT2D eigenvalue weighted by atomic mass is 35.5. The highest BCUT2D eigenvalue weighted by molar-refractivity contribution is 6.33. The van der Waals surface area contributed by atoms with Gasteiger partial charge in [0.25, 0.3) is 5.91 Å². The van der Waals surface area contributed by atoms with Crippen LogP contribution >= 0.6 is 11.6 Å². The van der Waals surface area contributed by atoms with E-state index in [0.29, 0.717) is 5.56 Å². The number of halogens is 4. The number of hydrogen-bond donors (Lipinski definition) is 2. The highest BCUT2D eigenvalue weighted by Crippen LogP contribution is 2.29. The summed E-state index contributed by atoms with van der Waals surface area (Å²) in [5, 5.41) is 2.54. The van der Waals surface area contributed by atoms with Crippen LogP contribution in [0, 0.1) is 0 Å². The molecule has 29 heavy (non-hydrogen) atoms. The van der Waals surface area contributed by atoms with Crippen LogP contribution in [0.4, 0.5) is 13.2 Å². The third-order valence-corrected chi connectivity index (χ3v) is 4.63. The van der Waals surface area contributed by atoms with Gasteiger partial charge in [-0.2, -0.15) is 13.2 Å². The van der Waals surface area contributed by atoms with E-state index in [9.17, 15) is 22.8 Å². The van der Waals surface area contributed by atoms with Gasteiger partial charge in [0.2, 0.25) is 0 Å². The molecule has 0 bridgehead atoms. The maximum absolute atomic E-state index is 14.2. The predicted octanol–water partition coefficient (Wildman–Crippen LogP) is 3.22. The van der Waals surface area contributed by atoms with E-state index in [1.165, 1.54) is 38.1 Å². The van der Waals surface area contributed by atoms with Crippen LogP contribution in [0.5, 0.6) is 0 Å². The molecule has 0 saturated carbocycles. The Kier molecular flexibility index (Phi) is 7.26. The summed E-state index contributed by atoms with van der Waals surface area (Å²) < 4.78 is 47.4. The van der Waals surface area contributed by atoms with Crippen molar-refractivity contribution >= 4 is 23.5 Å². The normalized spacial score (nSPS) is 14.6. The van der Waals surface area contributed by atoms with Gasteiger partial charge in [0, 0.05) is 5.56 Å². The third kappa shape index (κ3) is 5.07. The van der Waals surface area contributed by atoms with Crippen molar-refractivity contribution in [1.82, 2.24) is 5.32 Å². The monoisotopic (exact) mass is 429 g/mol. The molecule has 0 aliphatic rings. The highest BCUT2D eigenvalue weighted by Gasteiger charge is 2.68. The van der Waals surface area contributed by atoms with Crippen molar-refractivity contribution in [2.45, 2.75) is 31.7 Å². The average molecular weight is 430 g/mol. The lowest BCUT2D eigenvalue weighted by molar-refractivity contribution is -0.774. The smallest absolute Gasteiger partial charge is 0.460 e. The van der Waals surface area contributed by atoms with E-state index in [0.717, 1.165) is 5.32 Å². The van der Waals surface area contributed by atoms with E-state index in [1.54, 1.807) is 30.3 Å². The Bertz CT molecular complexity index is 862. The molecule has 2 rings (SSSR count). The van der Waals surface area contributed by atoms with Gasteiger partial charge in [-0.3, -0.25) is 10.1 Å². The summed E-state index contributed by atoms with van der Waals surface area (Å²) in [6.45, 7) is 2.60. The number of esters is 1. The number of nitrogens with two attached hydrogens (primary N) is 1. The van der Waals surface area contributed by atoms with Gasteiger partial charge in [0.1, 0.15) is 6.04 Å². The second kappa shape index (κ2) is 9.28. The summed E-state index contributed by atoms with van der Waals surface area (Å²) in [7, 11) is 0.